The molecule has 1 N–H and O–H groups in total. The minimum Gasteiger partial charge on any atom is -0.456 e. The summed E-state index contributed by atoms with van der Waals surface area (Å²) in [6.07, 6.45) is 0.0325. The maximum absolute atomic E-state index is 10.8. The number of ketones is 1. The number of carbonyl (C=O) groups is 2. The van der Waals surface area contributed by atoms with Crippen molar-refractivity contribution in [2.45, 2.75) is 26.4 Å². The van der Waals surface area contributed by atoms with Crippen LogP contribution in [-0.4, -0.2) is 38.5 Å². The average molecular weight is 188 g/mol. The molecular formula is C9H18NO3+. The van der Waals surface area contributed by atoms with Crippen molar-refractivity contribution in [1.82, 2.24) is 0 Å². The molecule has 1 atom stereocenters. The van der Waals surface area contributed by atoms with Gasteiger partial charge in [0, 0.05) is 13.3 Å². The standard InChI is InChI=1S/C9H17NO3/c1-7(11)5-9(6-10(3)4)13-8(2)12/h9H,5-6H2,1-4H3/p+1. The number of likely N-dealkylation sites (N-methyl/N-ethyl adjacent to an activating group) is 1. The molecule has 4 nitrogen and oxygen atoms in total. The lowest BCUT2D eigenvalue weighted by molar-refractivity contribution is -0.861. The molecule has 4 heteroatoms. The van der Waals surface area contributed by atoms with Crippen LogP contribution < -0.4 is 4.90 Å². The van der Waals surface area contributed by atoms with E-state index in [0.29, 0.717) is 13.0 Å². The Morgan fingerprint density at radius 3 is 2.15 bits per heavy atom. The lowest BCUT2D eigenvalue weighted by Crippen LogP contribution is -3.07. The topological polar surface area (TPSA) is 47.8 Å². The summed E-state index contributed by atoms with van der Waals surface area (Å²) < 4.78 is 4.99. The maximum atomic E-state index is 10.8. The fourth-order valence-electron chi connectivity index (χ4n) is 1.17. The summed E-state index contributed by atoms with van der Waals surface area (Å²) in [5, 5.41) is 0. The third-order valence-corrected chi connectivity index (χ3v) is 1.48. The van der Waals surface area contributed by atoms with Crippen molar-refractivity contribution in [3.63, 3.8) is 0 Å². The van der Waals surface area contributed by atoms with Crippen LogP contribution >= 0.6 is 0 Å². The van der Waals surface area contributed by atoms with Gasteiger partial charge >= 0.3 is 5.97 Å². The number of quaternary nitrogens is 1. The molecule has 1 unspecified atom stereocenters. The lowest BCUT2D eigenvalue weighted by atomic mass is 10.2. The fraction of sp³-hybridized carbons (Fsp3) is 0.778. The van der Waals surface area contributed by atoms with Gasteiger partial charge in [0.2, 0.25) is 0 Å². The smallest absolute Gasteiger partial charge is 0.303 e. The highest BCUT2D eigenvalue weighted by Gasteiger charge is 2.17. The van der Waals surface area contributed by atoms with Crippen LogP contribution in [0.2, 0.25) is 0 Å². The van der Waals surface area contributed by atoms with E-state index in [1.807, 2.05) is 14.1 Å². The molecule has 13 heavy (non-hydrogen) atoms. The third-order valence-electron chi connectivity index (χ3n) is 1.48. The van der Waals surface area contributed by atoms with Crippen molar-refractivity contribution in [2.24, 2.45) is 0 Å². The van der Waals surface area contributed by atoms with Crippen molar-refractivity contribution in [2.75, 3.05) is 20.6 Å². The van der Waals surface area contributed by atoms with E-state index in [1.165, 1.54) is 13.8 Å². The molecule has 0 aliphatic heterocycles. The van der Waals surface area contributed by atoms with Crippen LogP contribution in [0.4, 0.5) is 0 Å². The largest absolute Gasteiger partial charge is 0.456 e. The minimum atomic E-state index is -0.326. The van der Waals surface area contributed by atoms with Crippen LogP contribution in [-0.2, 0) is 14.3 Å². The molecule has 0 saturated heterocycles. The van der Waals surface area contributed by atoms with E-state index in [0.717, 1.165) is 4.90 Å². The number of ether oxygens (including phenoxy) is 1. The monoisotopic (exact) mass is 188 g/mol. The molecule has 0 saturated carbocycles. The molecule has 0 heterocycles. The SMILES string of the molecule is CC(=O)CC(C[NH+](C)C)OC(C)=O. The van der Waals surface area contributed by atoms with Gasteiger partial charge in [-0.05, 0) is 6.92 Å². The van der Waals surface area contributed by atoms with Gasteiger partial charge in [-0.2, -0.15) is 0 Å². The highest BCUT2D eigenvalue weighted by atomic mass is 16.5. The zero-order valence-electron chi connectivity index (χ0n) is 8.72. The number of hydrogen-bond acceptors (Lipinski definition) is 3. The third kappa shape index (κ3) is 7.46. The normalized spacial score (nSPS) is 12.7. The molecule has 76 valence electrons. The van der Waals surface area contributed by atoms with Gasteiger partial charge in [0.05, 0.1) is 14.1 Å². The van der Waals surface area contributed by atoms with E-state index in [1.54, 1.807) is 0 Å². The maximum Gasteiger partial charge on any atom is 0.303 e. The quantitative estimate of drug-likeness (QED) is 0.565. The Hall–Kier alpha value is -0.900. The summed E-state index contributed by atoms with van der Waals surface area (Å²) in [7, 11) is 3.91. The van der Waals surface area contributed by atoms with Gasteiger partial charge in [-0.3, -0.25) is 9.59 Å². The van der Waals surface area contributed by atoms with Gasteiger partial charge < -0.3 is 9.64 Å². The summed E-state index contributed by atoms with van der Waals surface area (Å²) in [6.45, 7) is 3.53. The first-order chi connectivity index (χ1) is 5.91. The van der Waals surface area contributed by atoms with Gasteiger partial charge in [0.25, 0.3) is 0 Å². The molecule has 0 bridgehead atoms. The fourth-order valence-corrected chi connectivity index (χ4v) is 1.17. The Morgan fingerprint density at radius 2 is 1.85 bits per heavy atom. The number of nitrogens with one attached hydrogen (secondary N) is 1. The Bertz CT molecular complexity index is 173. The van der Waals surface area contributed by atoms with E-state index in [-0.39, 0.29) is 17.9 Å². The molecule has 0 aromatic heterocycles. The molecule has 0 fully saturated rings. The predicted octanol–water partition coefficient (Wildman–Crippen LogP) is -0.958. The summed E-state index contributed by atoms with van der Waals surface area (Å²) in [5.41, 5.74) is 0. The van der Waals surface area contributed by atoms with Gasteiger partial charge in [-0.15, -0.1) is 0 Å². The Balaban J connectivity index is 4.02. The van der Waals surface area contributed by atoms with Crippen LogP contribution in [0.15, 0.2) is 0 Å². The van der Waals surface area contributed by atoms with Gasteiger partial charge in [-0.25, -0.2) is 0 Å². The minimum absolute atomic E-state index is 0.0486. The van der Waals surface area contributed by atoms with E-state index >= 15 is 0 Å². The Morgan fingerprint density at radius 1 is 1.31 bits per heavy atom. The van der Waals surface area contributed by atoms with Crippen LogP contribution in [0.1, 0.15) is 20.3 Å². The number of rotatable bonds is 5. The number of esters is 1. The van der Waals surface area contributed by atoms with Crippen molar-refractivity contribution >= 4 is 11.8 Å². The summed E-state index contributed by atoms with van der Waals surface area (Å²) in [6, 6.07) is 0. The lowest BCUT2D eigenvalue weighted by Gasteiger charge is -2.17. The number of Topliss-reactive ketones (excluding diaryl/α,β-unsaturated/α-hetero) is 1. The molecule has 0 radical (unpaired) electrons. The van der Waals surface area contributed by atoms with Crippen LogP contribution in [0.3, 0.4) is 0 Å². The first kappa shape index (κ1) is 12.1. The first-order valence-corrected chi connectivity index (χ1v) is 4.37. The van der Waals surface area contributed by atoms with Crippen molar-refractivity contribution < 1.29 is 19.2 Å². The van der Waals surface area contributed by atoms with Gasteiger partial charge in [0.15, 0.2) is 6.10 Å². The molecular weight excluding hydrogens is 170 g/mol. The molecule has 0 spiro atoms. The molecule has 0 amide bonds. The van der Waals surface area contributed by atoms with E-state index in [9.17, 15) is 9.59 Å². The van der Waals surface area contributed by atoms with Crippen LogP contribution in [0.5, 0.6) is 0 Å². The predicted molar refractivity (Wildman–Crippen MR) is 48.5 cm³/mol. The zero-order chi connectivity index (χ0) is 10.4. The molecule has 0 aliphatic carbocycles. The van der Waals surface area contributed by atoms with Crippen molar-refractivity contribution in [1.29, 1.82) is 0 Å². The zero-order valence-corrected chi connectivity index (χ0v) is 8.72. The van der Waals surface area contributed by atoms with Crippen molar-refractivity contribution in [3.05, 3.63) is 0 Å². The average Bonchev–Trinajstić information content (AvgIpc) is 1.80. The van der Waals surface area contributed by atoms with E-state index in [2.05, 4.69) is 0 Å². The summed E-state index contributed by atoms with van der Waals surface area (Å²) in [4.78, 5) is 22.7. The van der Waals surface area contributed by atoms with E-state index < -0.39 is 0 Å². The van der Waals surface area contributed by atoms with Gasteiger partial charge in [0.1, 0.15) is 12.3 Å². The molecule has 0 aromatic carbocycles. The van der Waals surface area contributed by atoms with Crippen molar-refractivity contribution in [3.8, 4) is 0 Å². The summed E-state index contributed by atoms with van der Waals surface area (Å²) >= 11 is 0. The molecule has 0 rings (SSSR count). The number of carbonyl (C=O) groups excluding carboxylic acids is 2. The van der Waals surface area contributed by atoms with Crippen LogP contribution in [0.25, 0.3) is 0 Å². The first-order valence-electron chi connectivity index (χ1n) is 4.37. The second-order valence-corrected chi connectivity index (χ2v) is 3.55. The summed E-state index contributed by atoms with van der Waals surface area (Å²) in [5.74, 6) is -0.278. The van der Waals surface area contributed by atoms with E-state index in [4.69, 9.17) is 4.74 Å². The Kier molecular flexibility index (Phi) is 5.30. The number of hydrogen-bond donors (Lipinski definition) is 1. The highest BCUT2D eigenvalue weighted by molar-refractivity contribution is 5.76. The highest BCUT2D eigenvalue weighted by Crippen LogP contribution is 1.97. The molecule has 0 aliphatic rings. The van der Waals surface area contributed by atoms with Crippen LogP contribution in [0, 0.1) is 0 Å². The molecule has 0 aromatic rings. The second-order valence-electron chi connectivity index (χ2n) is 3.55. The van der Waals surface area contributed by atoms with Gasteiger partial charge in [-0.1, -0.05) is 0 Å². The second kappa shape index (κ2) is 5.70. The Labute approximate surface area is 78.9 Å².